The monoisotopic (exact) mass is 234 g/mol. The lowest BCUT2D eigenvalue weighted by atomic mass is 10.00. The Labute approximate surface area is 99.8 Å². The van der Waals surface area contributed by atoms with Gasteiger partial charge in [-0.3, -0.25) is 4.79 Å². The van der Waals surface area contributed by atoms with Gasteiger partial charge in [-0.05, 0) is 17.7 Å². The molecule has 0 radical (unpaired) electrons. The molecule has 0 aromatic heterocycles. The summed E-state index contributed by atoms with van der Waals surface area (Å²) in [5, 5.41) is 0. The molecule has 2 rings (SSSR count). The molecule has 0 N–H and O–H groups in total. The van der Waals surface area contributed by atoms with Crippen molar-refractivity contribution in [3.05, 3.63) is 36.4 Å². The summed E-state index contributed by atoms with van der Waals surface area (Å²) in [6.07, 6.45) is 1.75. The molecule has 1 atom stereocenters. The summed E-state index contributed by atoms with van der Waals surface area (Å²) in [4.78, 5) is 10.8. The highest BCUT2D eigenvalue weighted by Crippen LogP contribution is 2.34. The Bertz CT molecular complexity index is 439. The lowest BCUT2D eigenvalue weighted by Gasteiger charge is -2.13. The topological polar surface area (TPSA) is 44.8 Å². The third-order valence-electron chi connectivity index (χ3n) is 2.58. The Morgan fingerprint density at radius 2 is 2.29 bits per heavy atom. The minimum atomic E-state index is -0.294. The molecule has 4 heteroatoms. The van der Waals surface area contributed by atoms with Gasteiger partial charge in [0.1, 0.15) is 6.61 Å². The molecule has 1 aromatic carbocycles. The molecule has 1 heterocycles. The molecule has 4 nitrogen and oxygen atoms in total. The van der Waals surface area contributed by atoms with Gasteiger partial charge < -0.3 is 14.2 Å². The van der Waals surface area contributed by atoms with E-state index in [1.54, 1.807) is 6.08 Å². The largest absolute Gasteiger partial charge is 0.465 e. The molecular formula is C13H14O4. The summed E-state index contributed by atoms with van der Waals surface area (Å²) >= 11 is 0. The van der Waals surface area contributed by atoms with E-state index in [0.717, 1.165) is 17.1 Å². The first-order chi connectivity index (χ1) is 8.20. The summed E-state index contributed by atoms with van der Waals surface area (Å²) in [6, 6.07) is 5.66. The van der Waals surface area contributed by atoms with Gasteiger partial charge in [-0.2, -0.15) is 0 Å². The average Bonchev–Trinajstić information content (AvgIpc) is 2.76. The number of esters is 1. The Morgan fingerprint density at radius 3 is 3.00 bits per heavy atom. The fraction of sp³-hybridized carbons (Fsp3) is 0.308. The van der Waals surface area contributed by atoms with E-state index in [2.05, 4.69) is 6.58 Å². The Hall–Kier alpha value is -1.97. The van der Waals surface area contributed by atoms with Crippen LogP contribution in [0.1, 0.15) is 18.4 Å². The standard InChI is InChI=1S/C13H14O4/c1-3-10(7-15-9(2)14)11-4-5-12-13(6-11)17-8-16-12/h3-6,10H,1,7-8H2,2H3/t10-/m1/s1. The van der Waals surface area contributed by atoms with E-state index in [4.69, 9.17) is 14.2 Å². The molecule has 1 aliphatic rings. The molecular weight excluding hydrogens is 220 g/mol. The highest BCUT2D eigenvalue weighted by atomic mass is 16.7. The highest BCUT2D eigenvalue weighted by molar-refractivity contribution is 5.66. The molecule has 0 saturated heterocycles. The minimum absolute atomic E-state index is 0.0339. The molecule has 90 valence electrons. The van der Waals surface area contributed by atoms with E-state index in [1.165, 1.54) is 6.92 Å². The smallest absolute Gasteiger partial charge is 0.302 e. The van der Waals surface area contributed by atoms with Gasteiger partial charge in [-0.1, -0.05) is 12.1 Å². The number of hydrogen-bond donors (Lipinski definition) is 0. The van der Waals surface area contributed by atoms with Crippen LogP contribution in [0.2, 0.25) is 0 Å². The van der Waals surface area contributed by atoms with Crippen molar-refractivity contribution in [1.29, 1.82) is 0 Å². The van der Waals surface area contributed by atoms with Crippen LogP contribution < -0.4 is 9.47 Å². The van der Waals surface area contributed by atoms with Gasteiger partial charge in [0.15, 0.2) is 11.5 Å². The number of hydrogen-bond acceptors (Lipinski definition) is 4. The van der Waals surface area contributed by atoms with E-state index < -0.39 is 0 Å². The zero-order valence-electron chi connectivity index (χ0n) is 9.64. The fourth-order valence-electron chi connectivity index (χ4n) is 1.65. The Kier molecular flexibility index (Phi) is 3.32. The van der Waals surface area contributed by atoms with Crippen LogP contribution >= 0.6 is 0 Å². The van der Waals surface area contributed by atoms with Gasteiger partial charge in [0.2, 0.25) is 6.79 Å². The van der Waals surface area contributed by atoms with Crippen LogP contribution in [0.25, 0.3) is 0 Å². The van der Waals surface area contributed by atoms with Crippen LogP contribution in [0, 0.1) is 0 Å². The van der Waals surface area contributed by atoms with Crippen molar-refractivity contribution in [2.24, 2.45) is 0 Å². The second-order valence-electron chi connectivity index (χ2n) is 3.76. The van der Waals surface area contributed by atoms with Crippen LogP contribution in [0.4, 0.5) is 0 Å². The van der Waals surface area contributed by atoms with E-state index in [-0.39, 0.29) is 18.7 Å². The number of carbonyl (C=O) groups is 1. The van der Waals surface area contributed by atoms with Crippen LogP contribution in [-0.2, 0) is 9.53 Å². The van der Waals surface area contributed by atoms with Gasteiger partial charge in [0.25, 0.3) is 0 Å². The van der Waals surface area contributed by atoms with Crippen LogP contribution in [-0.4, -0.2) is 19.4 Å². The van der Waals surface area contributed by atoms with Gasteiger partial charge >= 0.3 is 5.97 Å². The third kappa shape index (κ3) is 2.58. The number of benzene rings is 1. The van der Waals surface area contributed by atoms with Crippen LogP contribution in [0.15, 0.2) is 30.9 Å². The first-order valence-corrected chi connectivity index (χ1v) is 5.36. The molecule has 0 fully saturated rings. The van der Waals surface area contributed by atoms with E-state index in [0.29, 0.717) is 6.61 Å². The van der Waals surface area contributed by atoms with Crippen molar-refractivity contribution in [2.45, 2.75) is 12.8 Å². The molecule has 0 aliphatic carbocycles. The van der Waals surface area contributed by atoms with Gasteiger partial charge in [-0.25, -0.2) is 0 Å². The maximum absolute atomic E-state index is 10.8. The predicted octanol–water partition coefficient (Wildman–Crippen LogP) is 2.25. The summed E-state index contributed by atoms with van der Waals surface area (Å²) < 4.78 is 15.5. The zero-order chi connectivity index (χ0) is 12.3. The van der Waals surface area contributed by atoms with E-state index in [9.17, 15) is 4.79 Å². The molecule has 0 spiro atoms. The first-order valence-electron chi connectivity index (χ1n) is 5.36. The second-order valence-corrected chi connectivity index (χ2v) is 3.76. The molecule has 0 saturated carbocycles. The summed E-state index contributed by atoms with van der Waals surface area (Å²) in [5.74, 6) is 1.13. The summed E-state index contributed by atoms with van der Waals surface area (Å²) in [5.41, 5.74) is 0.991. The molecule has 17 heavy (non-hydrogen) atoms. The van der Waals surface area contributed by atoms with E-state index >= 15 is 0 Å². The van der Waals surface area contributed by atoms with Crippen molar-refractivity contribution in [3.8, 4) is 11.5 Å². The van der Waals surface area contributed by atoms with Crippen LogP contribution in [0.5, 0.6) is 11.5 Å². The van der Waals surface area contributed by atoms with Crippen molar-refractivity contribution < 1.29 is 19.0 Å². The number of fused-ring (bicyclic) bond motifs is 1. The Balaban J connectivity index is 2.13. The summed E-state index contributed by atoms with van der Waals surface area (Å²) in [7, 11) is 0. The Morgan fingerprint density at radius 1 is 1.53 bits per heavy atom. The van der Waals surface area contributed by atoms with Gasteiger partial charge in [0, 0.05) is 12.8 Å². The van der Waals surface area contributed by atoms with Crippen molar-refractivity contribution >= 4 is 5.97 Å². The molecule has 1 aromatic rings. The van der Waals surface area contributed by atoms with Crippen molar-refractivity contribution in [2.75, 3.05) is 13.4 Å². The number of ether oxygens (including phenoxy) is 3. The predicted molar refractivity (Wildman–Crippen MR) is 62.1 cm³/mol. The molecule has 0 bridgehead atoms. The second kappa shape index (κ2) is 4.91. The molecule has 0 unspecified atom stereocenters. The fourth-order valence-corrected chi connectivity index (χ4v) is 1.65. The molecule has 0 amide bonds. The minimum Gasteiger partial charge on any atom is -0.465 e. The van der Waals surface area contributed by atoms with E-state index in [1.807, 2.05) is 18.2 Å². The zero-order valence-corrected chi connectivity index (χ0v) is 9.64. The van der Waals surface area contributed by atoms with Gasteiger partial charge in [0.05, 0.1) is 0 Å². The maximum Gasteiger partial charge on any atom is 0.302 e. The molecule has 1 aliphatic heterocycles. The maximum atomic E-state index is 10.8. The quantitative estimate of drug-likeness (QED) is 0.592. The lowest BCUT2D eigenvalue weighted by molar-refractivity contribution is -0.141. The van der Waals surface area contributed by atoms with Crippen LogP contribution in [0.3, 0.4) is 0 Å². The van der Waals surface area contributed by atoms with Crippen molar-refractivity contribution in [3.63, 3.8) is 0 Å². The third-order valence-corrected chi connectivity index (χ3v) is 2.58. The van der Waals surface area contributed by atoms with Crippen molar-refractivity contribution in [1.82, 2.24) is 0 Å². The number of carbonyl (C=O) groups excluding carboxylic acids is 1. The average molecular weight is 234 g/mol. The lowest BCUT2D eigenvalue weighted by Crippen LogP contribution is -2.08. The van der Waals surface area contributed by atoms with Gasteiger partial charge in [-0.15, -0.1) is 6.58 Å². The normalized spacial score (nSPS) is 14.2. The first kappa shape index (κ1) is 11.5. The summed E-state index contributed by atoms with van der Waals surface area (Å²) in [6.45, 7) is 5.68. The highest BCUT2D eigenvalue weighted by Gasteiger charge is 2.17. The number of rotatable bonds is 4. The SMILES string of the molecule is C=C[C@H](COC(C)=O)c1ccc2c(c1)OCO2.